The second-order valence-electron chi connectivity index (χ2n) is 14.3. The average molecular weight is 699 g/mol. The van der Waals surface area contributed by atoms with Crippen molar-refractivity contribution in [2.24, 2.45) is 0 Å². The first-order chi connectivity index (χ1) is 27.3. The fourth-order valence-corrected chi connectivity index (χ4v) is 8.92. The molecule has 0 fully saturated rings. The van der Waals surface area contributed by atoms with Crippen molar-refractivity contribution in [3.8, 4) is 55.6 Å². The lowest BCUT2D eigenvalue weighted by Gasteiger charge is -2.26. The number of benzene rings is 9. The third kappa shape index (κ3) is 5.00. The molecule has 55 heavy (non-hydrogen) atoms. The van der Waals surface area contributed by atoms with E-state index in [-0.39, 0.29) is 0 Å². The van der Waals surface area contributed by atoms with Gasteiger partial charge in [0.25, 0.3) is 0 Å². The van der Waals surface area contributed by atoms with Gasteiger partial charge in [-0.15, -0.1) is 0 Å². The van der Waals surface area contributed by atoms with Crippen molar-refractivity contribution in [1.82, 2.24) is 4.98 Å². The summed E-state index contributed by atoms with van der Waals surface area (Å²) in [6.07, 6.45) is 3.77. The first kappa shape index (κ1) is 31.3. The van der Waals surface area contributed by atoms with E-state index in [1.165, 1.54) is 88.0 Å². The molecule has 0 saturated carbocycles. The summed E-state index contributed by atoms with van der Waals surface area (Å²) in [5, 5.41) is 7.53. The van der Waals surface area contributed by atoms with Crippen molar-refractivity contribution >= 4 is 49.4 Å². The van der Waals surface area contributed by atoms with Crippen LogP contribution in [0.3, 0.4) is 0 Å². The van der Waals surface area contributed by atoms with Crippen LogP contribution in [0.4, 0.5) is 17.1 Å². The van der Waals surface area contributed by atoms with Crippen molar-refractivity contribution in [2.45, 2.75) is 0 Å². The molecular weight excluding hydrogens is 665 g/mol. The second kappa shape index (κ2) is 12.7. The van der Waals surface area contributed by atoms with Gasteiger partial charge in [-0.3, -0.25) is 4.98 Å². The Morgan fingerprint density at radius 3 is 1.60 bits per heavy atom. The second-order valence-corrected chi connectivity index (χ2v) is 14.3. The minimum absolute atomic E-state index is 1.01. The molecule has 0 radical (unpaired) electrons. The van der Waals surface area contributed by atoms with Crippen molar-refractivity contribution in [3.05, 3.63) is 207 Å². The third-order valence-corrected chi connectivity index (χ3v) is 11.2. The Balaban J connectivity index is 1.15. The zero-order chi connectivity index (χ0) is 36.3. The maximum absolute atomic E-state index is 4.52. The van der Waals surface area contributed by atoms with Crippen LogP contribution in [0.1, 0.15) is 0 Å². The Labute approximate surface area is 320 Å². The lowest BCUT2D eigenvalue weighted by atomic mass is 9.82. The molecule has 0 aliphatic heterocycles. The molecule has 0 N–H and O–H groups in total. The van der Waals surface area contributed by atoms with E-state index in [0.717, 1.165) is 17.1 Å². The molecular formula is C53H34N2. The molecule has 1 heterocycles. The Morgan fingerprint density at radius 1 is 0.327 bits per heavy atom. The van der Waals surface area contributed by atoms with Gasteiger partial charge in [-0.2, -0.15) is 0 Å². The molecule has 0 spiro atoms. The summed E-state index contributed by atoms with van der Waals surface area (Å²) in [7, 11) is 0. The van der Waals surface area contributed by atoms with Gasteiger partial charge in [-0.05, 0) is 124 Å². The van der Waals surface area contributed by atoms with Crippen LogP contribution in [0.5, 0.6) is 0 Å². The van der Waals surface area contributed by atoms with Crippen molar-refractivity contribution in [2.75, 3.05) is 4.90 Å². The van der Waals surface area contributed by atoms with Gasteiger partial charge < -0.3 is 4.90 Å². The highest BCUT2D eigenvalue weighted by molar-refractivity contribution is 6.28. The van der Waals surface area contributed by atoms with Crippen LogP contribution in [-0.4, -0.2) is 4.98 Å². The van der Waals surface area contributed by atoms with Gasteiger partial charge in [0.15, 0.2) is 0 Å². The summed E-state index contributed by atoms with van der Waals surface area (Å²) in [5.74, 6) is 0. The molecule has 0 atom stereocenters. The fraction of sp³-hybridized carbons (Fsp3) is 0. The van der Waals surface area contributed by atoms with E-state index >= 15 is 0 Å². The summed E-state index contributed by atoms with van der Waals surface area (Å²) in [5.41, 5.74) is 15.8. The van der Waals surface area contributed by atoms with Crippen molar-refractivity contribution < 1.29 is 0 Å². The van der Waals surface area contributed by atoms with Gasteiger partial charge in [-0.1, -0.05) is 158 Å². The number of hydrogen-bond acceptors (Lipinski definition) is 2. The molecule has 1 aliphatic carbocycles. The predicted molar refractivity (Wildman–Crippen MR) is 232 cm³/mol. The van der Waals surface area contributed by atoms with Crippen molar-refractivity contribution in [3.63, 3.8) is 0 Å². The zero-order valence-corrected chi connectivity index (χ0v) is 30.0. The summed E-state index contributed by atoms with van der Waals surface area (Å²) >= 11 is 0. The van der Waals surface area contributed by atoms with E-state index in [4.69, 9.17) is 0 Å². The Morgan fingerprint density at radius 2 is 0.891 bits per heavy atom. The highest BCUT2D eigenvalue weighted by Gasteiger charge is 2.31. The van der Waals surface area contributed by atoms with Crippen LogP contribution in [-0.2, 0) is 0 Å². The minimum Gasteiger partial charge on any atom is -0.309 e. The molecule has 0 saturated heterocycles. The smallest absolute Gasteiger partial charge is 0.0644 e. The molecule has 1 aromatic heterocycles. The molecule has 0 unspecified atom stereocenters. The quantitative estimate of drug-likeness (QED) is 0.172. The van der Waals surface area contributed by atoms with E-state index in [1.807, 2.05) is 18.5 Å². The molecule has 9 aromatic carbocycles. The number of aromatic nitrogens is 1. The summed E-state index contributed by atoms with van der Waals surface area (Å²) < 4.78 is 0. The monoisotopic (exact) mass is 698 g/mol. The standard InChI is InChI=1S/C53H34N2/c1-3-15-36(16-4-1)49-45-23-9-10-24-46(45)50(37-17-5-2-6-18-37)53-48-30-29-43(44-25-12-26-47(51(44)48)52(49)53)39-20-11-21-40(33-39)55(42-22-13-31-54-34-42)41-28-27-35-14-7-8-19-38(35)32-41/h1-34H. The van der Waals surface area contributed by atoms with Gasteiger partial charge in [-0.25, -0.2) is 0 Å². The molecule has 0 bridgehead atoms. The predicted octanol–water partition coefficient (Wildman–Crippen LogP) is 14.7. The van der Waals surface area contributed by atoms with Gasteiger partial charge in [0.05, 0.1) is 11.9 Å². The highest BCUT2D eigenvalue weighted by atomic mass is 15.1. The lowest BCUT2D eigenvalue weighted by Crippen LogP contribution is -2.10. The van der Waals surface area contributed by atoms with E-state index in [1.54, 1.807) is 0 Å². The molecule has 2 nitrogen and oxygen atoms in total. The van der Waals surface area contributed by atoms with Crippen LogP contribution >= 0.6 is 0 Å². The molecule has 10 aromatic rings. The van der Waals surface area contributed by atoms with Crippen LogP contribution < -0.4 is 4.90 Å². The van der Waals surface area contributed by atoms with Gasteiger partial charge in [0.2, 0.25) is 0 Å². The first-order valence-electron chi connectivity index (χ1n) is 18.9. The number of pyridine rings is 1. The fourth-order valence-electron chi connectivity index (χ4n) is 8.92. The summed E-state index contributed by atoms with van der Waals surface area (Å²) in [6, 6.07) is 70.7. The lowest BCUT2D eigenvalue weighted by molar-refractivity contribution is 1.23. The number of fused-ring (bicyclic) bond motifs is 5. The zero-order valence-electron chi connectivity index (χ0n) is 30.0. The SMILES string of the molecule is c1ccc(-c2c3c(c(-c4ccccc4)c4ccccc24)-c2ccc(-c4cccc(N(c5cccnc5)c5ccc6ccccc6c5)c4)c4cccc-3c24)cc1. The van der Waals surface area contributed by atoms with Gasteiger partial charge >= 0.3 is 0 Å². The largest absolute Gasteiger partial charge is 0.309 e. The maximum atomic E-state index is 4.52. The molecule has 256 valence electrons. The van der Waals surface area contributed by atoms with Crippen LogP contribution in [0.15, 0.2) is 207 Å². The molecule has 11 rings (SSSR count). The molecule has 1 aliphatic rings. The van der Waals surface area contributed by atoms with Crippen LogP contribution in [0.25, 0.3) is 88.0 Å². The molecule has 2 heteroatoms. The van der Waals surface area contributed by atoms with E-state index < -0.39 is 0 Å². The number of hydrogen-bond donors (Lipinski definition) is 0. The highest BCUT2D eigenvalue weighted by Crippen LogP contribution is 2.58. The maximum Gasteiger partial charge on any atom is 0.0644 e. The van der Waals surface area contributed by atoms with Crippen LogP contribution in [0, 0.1) is 0 Å². The van der Waals surface area contributed by atoms with E-state index in [2.05, 4.69) is 198 Å². The third-order valence-electron chi connectivity index (χ3n) is 11.2. The molecule has 0 amide bonds. The van der Waals surface area contributed by atoms with E-state index in [9.17, 15) is 0 Å². The average Bonchev–Trinajstić information content (AvgIpc) is 3.58. The summed E-state index contributed by atoms with van der Waals surface area (Å²) in [6.45, 7) is 0. The number of rotatable bonds is 6. The topological polar surface area (TPSA) is 16.1 Å². The van der Waals surface area contributed by atoms with Crippen molar-refractivity contribution in [1.29, 1.82) is 0 Å². The normalized spacial score (nSPS) is 11.6. The number of anilines is 3. The Hall–Kier alpha value is -7.29. The van der Waals surface area contributed by atoms with E-state index in [0.29, 0.717) is 0 Å². The minimum atomic E-state index is 1.01. The first-order valence-corrected chi connectivity index (χ1v) is 18.9. The Kier molecular flexibility index (Phi) is 7.21. The summed E-state index contributed by atoms with van der Waals surface area (Å²) in [4.78, 5) is 6.83. The van der Waals surface area contributed by atoms with Gasteiger partial charge in [0, 0.05) is 17.6 Å². The van der Waals surface area contributed by atoms with Crippen LogP contribution in [0.2, 0.25) is 0 Å². The van der Waals surface area contributed by atoms with Gasteiger partial charge in [0.1, 0.15) is 0 Å². The number of nitrogens with zero attached hydrogens (tertiary/aromatic N) is 2. The Bertz CT molecular complexity index is 2990.